The van der Waals surface area contributed by atoms with E-state index in [1.165, 1.54) is 19.4 Å². The van der Waals surface area contributed by atoms with Crippen LogP contribution in [0.4, 0.5) is 0 Å². The van der Waals surface area contributed by atoms with E-state index in [2.05, 4.69) is 31.5 Å². The van der Waals surface area contributed by atoms with Crippen molar-refractivity contribution >= 4 is 21.4 Å². The zero-order valence-corrected chi connectivity index (χ0v) is 23.5. The Bertz CT molecular complexity index is 1530. The number of carbonyl (C=O) groups is 1. The zero-order valence-electron chi connectivity index (χ0n) is 22.7. The molecule has 0 aliphatic heterocycles. The standard InChI is InChI=1S/C28H35N7O4S/c1-26(40(38,39)30-2,19-32-27-7-10-28(37,11-8-27)12-9-27)15-23(34-25(36)21-4-3-13-31-18-21)24-6-5-22-14-20(16-29)17-33-35(22)24/h3-6,13-14,17-18,23,30,32,37H,7-12,15,19H2,1-2H3,(H,34,36). The molecule has 212 valence electrons. The SMILES string of the molecule is CNS(=O)(=O)C(C)(CNC12CCC(O)(CC1)CC2)CC(NC(=O)c1cccnc1)c1ccc2cc(C#N)cnn12. The Labute approximate surface area is 234 Å². The Kier molecular flexibility index (Phi) is 7.43. The van der Waals surface area contributed by atoms with Gasteiger partial charge in [-0.15, -0.1) is 0 Å². The van der Waals surface area contributed by atoms with Gasteiger partial charge in [0.2, 0.25) is 10.0 Å². The topological polar surface area (TPSA) is 162 Å². The van der Waals surface area contributed by atoms with Gasteiger partial charge in [0.15, 0.2) is 0 Å². The lowest BCUT2D eigenvalue weighted by Gasteiger charge is -2.52. The average molecular weight is 566 g/mol. The molecule has 40 heavy (non-hydrogen) atoms. The van der Waals surface area contributed by atoms with Gasteiger partial charge in [0.1, 0.15) is 6.07 Å². The van der Waals surface area contributed by atoms with Crippen molar-refractivity contribution in [1.82, 2.24) is 30.0 Å². The third-order valence-electron chi connectivity index (χ3n) is 8.84. The minimum Gasteiger partial charge on any atom is -0.390 e. The molecule has 3 aromatic heterocycles. The number of rotatable bonds is 10. The molecule has 3 saturated carbocycles. The zero-order chi connectivity index (χ0) is 28.6. The summed E-state index contributed by atoms with van der Waals surface area (Å²) < 4.78 is 30.0. The molecule has 3 heterocycles. The van der Waals surface area contributed by atoms with Gasteiger partial charge in [0.05, 0.1) is 44.9 Å². The lowest BCUT2D eigenvalue weighted by atomic mass is 9.63. The Morgan fingerprint density at radius 1 is 1.20 bits per heavy atom. The van der Waals surface area contributed by atoms with Crippen molar-refractivity contribution in [2.75, 3.05) is 13.6 Å². The summed E-state index contributed by atoms with van der Waals surface area (Å²) in [6.07, 6.45) is 8.97. The van der Waals surface area contributed by atoms with E-state index in [0.29, 0.717) is 41.6 Å². The number of nitrogens with zero attached hydrogens (tertiary/aromatic N) is 4. The molecule has 12 heteroatoms. The van der Waals surface area contributed by atoms with Crippen LogP contribution >= 0.6 is 0 Å². The Hall–Kier alpha value is -3.37. The number of carbonyl (C=O) groups excluding carboxylic acids is 1. The number of aliphatic hydroxyl groups is 1. The van der Waals surface area contributed by atoms with Gasteiger partial charge in [-0.1, -0.05) is 0 Å². The van der Waals surface area contributed by atoms with Crippen LogP contribution < -0.4 is 15.4 Å². The van der Waals surface area contributed by atoms with Crippen molar-refractivity contribution < 1.29 is 18.3 Å². The van der Waals surface area contributed by atoms with E-state index < -0.39 is 32.3 Å². The molecule has 0 radical (unpaired) electrons. The van der Waals surface area contributed by atoms with Gasteiger partial charge < -0.3 is 15.7 Å². The summed E-state index contributed by atoms with van der Waals surface area (Å²) >= 11 is 0. The van der Waals surface area contributed by atoms with Gasteiger partial charge in [0.25, 0.3) is 5.91 Å². The number of hydrogen-bond donors (Lipinski definition) is 4. The highest BCUT2D eigenvalue weighted by atomic mass is 32.2. The lowest BCUT2D eigenvalue weighted by Crippen LogP contribution is -2.61. The molecule has 11 nitrogen and oxygen atoms in total. The third-order valence-corrected chi connectivity index (χ3v) is 11.0. The van der Waals surface area contributed by atoms with Crippen molar-refractivity contribution in [2.45, 2.75) is 73.8 Å². The quantitative estimate of drug-likeness (QED) is 0.291. The summed E-state index contributed by atoms with van der Waals surface area (Å²) in [4.78, 5) is 17.3. The van der Waals surface area contributed by atoms with Gasteiger partial charge in [0, 0.05) is 24.5 Å². The van der Waals surface area contributed by atoms with Gasteiger partial charge in [-0.2, -0.15) is 10.4 Å². The Morgan fingerprint density at radius 2 is 1.93 bits per heavy atom. The van der Waals surface area contributed by atoms with Gasteiger partial charge in [-0.25, -0.2) is 17.7 Å². The van der Waals surface area contributed by atoms with Crippen molar-refractivity contribution in [3.8, 4) is 6.07 Å². The fourth-order valence-corrected chi connectivity index (χ4v) is 7.21. The lowest BCUT2D eigenvalue weighted by molar-refractivity contribution is -0.0729. The normalized spacial score (nSPS) is 24.8. The van der Waals surface area contributed by atoms with E-state index in [1.807, 2.05) is 0 Å². The highest BCUT2D eigenvalue weighted by Gasteiger charge is 2.49. The van der Waals surface area contributed by atoms with E-state index in [9.17, 15) is 23.6 Å². The first kappa shape index (κ1) is 28.2. The number of hydrogen-bond acceptors (Lipinski definition) is 8. The summed E-state index contributed by atoms with van der Waals surface area (Å²) in [5.41, 5.74) is 1.17. The predicted molar refractivity (Wildman–Crippen MR) is 149 cm³/mol. The third kappa shape index (κ3) is 5.34. The first-order chi connectivity index (χ1) is 19.0. The fraction of sp³-hybridized carbons (Fsp3) is 0.500. The molecule has 0 saturated heterocycles. The van der Waals surface area contributed by atoms with Gasteiger partial charge in [-0.05, 0) is 89.2 Å². The van der Waals surface area contributed by atoms with E-state index >= 15 is 0 Å². The molecule has 1 amide bonds. The molecule has 4 N–H and O–H groups in total. The van der Waals surface area contributed by atoms with Gasteiger partial charge in [-0.3, -0.25) is 9.78 Å². The number of amides is 1. The summed E-state index contributed by atoms with van der Waals surface area (Å²) in [6, 6.07) is 9.91. The van der Waals surface area contributed by atoms with Crippen LogP contribution in [0.3, 0.4) is 0 Å². The predicted octanol–water partition coefficient (Wildman–Crippen LogP) is 2.20. The van der Waals surface area contributed by atoms with Crippen LogP contribution in [0.25, 0.3) is 5.52 Å². The smallest absolute Gasteiger partial charge is 0.253 e. The van der Waals surface area contributed by atoms with Crippen molar-refractivity contribution in [1.29, 1.82) is 5.26 Å². The van der Waals surface area contributed by atoms with Gasteiger partial charge >= 0.3 is 0 Å². The number of pyridine rings is 1. The molecule has 3 aliphatic carbocycles. The van der Waals surface area contributed by atoms with Crippen molar-refractivity contribution in [3.05, 3.63) is 65.7 Å². The molecule has 2 atom stereocenters. The monoisotopic (exact) mass is 565 g/mol. The summed E-state index contributed by atoms with van der Waals surface area (Å²) in [5, 5.41) is 31.0. The molecule has 3 aromatic rings. The molecular formula is C28H35N7O4S. The summed E-state index contributed by atoms with van der Waals surface area (Å²) in [5.74, 6) is -0.392. The largest absolute Gasteiger partial charge is 0.390 e. The Balaban J connectivity index is 1.49. The molecule has 3 fully saturated rings. The number of nitriles is 1. The number of fused-ring (bicyclic) bond motifs is 4. The molecule has 6 rings (SSSR count). The first-order valence-electron chi connectivity index (χ1n) is 13.5. The Morgan fingerprint density at radius 3 is 2.55 bits per heavy atom. The second-order valence-corrected chi connectivity index (χ2v) is 13.8. The van der Waals surface area contributed by atoms with Crippen LogP contribution in [0, 0.1) is 11.3 Å². The van der Waals surface area contributed by atoms with Crippen LogP contribution in [-0.2, 0) is 10.0 Å². The minimum atomic E-state index is -3.84. The number of sulfonamides is 1. The average Bonchev–Trinajstić information content (AvgIpc) is 3.40. The molecule has 3 aliphatic rings. The van der Waals surface area contributed by atoms with Crippen LogP contribution in [0.5, 0.6) is 0 Å². The second kappa shape index (κ2) is 10.6. The number of nitrogens with one attached hydrogen (secondary N) is 3. The molecule has 0 aromatic carbocycles. The maximum absolute atomic E-state index is 13.6. The molecular weight excluding hydrogens is 530 g/mol. The van der Waals surface area contributed by atoms with Crippen LogP contribution in [0.1, 0.15) is 79.5 Å². The first-order valence-corrected chi connectivity index (χ1v) is 15.0. The van der Waals surface area contributed by atoms with E-state index in [-0.39, 0.29) is 18.5 Å². The van der Waals surface area contributed by atoms with Crippen molar-refractivity contribution in [3.63, 3.8) is 0 Å². The second-order valence-electron chi connectivity index (χ2n) is 11.4. The van der Waals surface area contributed by atoms with E-state index in [0.717, 1.165) is 19.3 Å². The molecule has 2 bridgehead atoms. The van der Waals surface area contributed by atoms with Crippen LogP contribution in [-0.4, -0.2) is 63.5 Å². The number of aromatic nitrogens is 3. The maximum atomic E-state index is 13.6. The minimum absolute atomic E-state index is 0.0446. The summed E-state index contributed by atoms with van der Waals surface area (Å²) in [6.45, 7) is 1.84. The van der Waals surface area contributed by atoms with E-state index in [4.69, 9.17) is 0 Å². The van der Waals surface area contributed by atoms with Crippen LogP contribution in [0.2, 0.25) is 0 Å². The molecule has 2 unspecified atom stereocenters. The fourth-order valence-electron chi connectivity index (χ4n) is 6.07. The highest BCUT2D eigenvalue weighted by Crippen LogP contribution is 2.47. The highest BCUT2D eigenvalue weighted by molar-refractivity contribution is 7.90. The molecule has 0 spiro atoms. The summed E-state index contributed by atoms with van der Waals surface area (Å²) in [7, 11) is -2.45. The maximum Gasteiger partial charge on any atom is 0.253 e. The van der Waals surface area contributed by atoms with Crippen molar-refractivity contribution in [2.24, 2.45) is 0 Å². The van der Waals surface area contributed by atoms with E-state index in [1.54, 1.807) is 48.0 Å². The van der Waals surface area contributed by atoms with Crippen LogP contribution in [0.15, 0.2) is 48.9 Å².